The Hall–Kier alpha value is -1.75. The Balaban J connectivity index is 2.12. The molecule has 0 amide bonds. The summed E-state index contributed by atoms with van der Waals surface area (Å²) in [5.41, 5.74) is 7.60. The van der Waals surface area contributed by atoms with Crippen molar-refractivity contribution in [3.8, 4) is 0 Å². The summed E-state index contributed by atoms with van der Waals surface area (Å²) < 4.78 is 10.3. The van der Waals surface area contributed by atoms with Gasteiger partial charge < -0.3 is 20.5 Å². The number of benzene rings is 1. The predicted molar refractivity (Wildman–Crippen MR) is 74.2 cm³/mol. The maximum Gasteiger partial charge on any atom is 0.340 e. The number of hydrogen-bond acceptors (Lipinski definition) is 5. The molecule has 2 atom stereocenters. The van der Waals surface area contributed by atoms with Crippen LogP contribution in [0.4, 0.5) is 11.4 Å². The van der Waals surface area contributed by atoms with Crippen LogP contribution in [0.5, 0.6) is 0 Å². The van der Waals surface area contributed by atoms with E-state index in [1.807, 2.05) is 0 Å². The van der Waals surface area contributed by atoms with Crippen LogP contribution in [0.1, 0.15) is 23.7 Å². The van der Waals surface area contributed by atoms with Crippen LogP contribution in [0.3, 0.4) is 0 Å². The smallest absolute Gasteiger partial charge is 0.340 e. The molecule has 0 aliphatic carbocycles. The van der Waals surface area contributed by atoms with E-state index in [0.29, 0.717) is 22.9 Å². The lowest BCUT2D eigenvalue weighted by Crippen LogP contribution is -2.22. The summed E-state index contributed by atoms with van der Waals surface area (Å²) >= 11 is 0. The molecule has 0 bridgehead atoms. The van der Waals surface area contributed by atoms with E-state index in [4.69, 9.17) is 15.2 Å². The van der Waals surface area contributed by atoms with Gasteiger partial charge in [-0.05, 0) is 25.5 Å². The number of methoxy groups -OCH3 is 1. The van der Waals surface area contributed by atoms with Crippen molar-refractivity contribution in [2.75, 3.05) is 31.3 Å². The van der Waals surface area contributed by atoms with Gasteiger partial charge in [0.15, 0.2) is 0 Å². The number of carbonyl (C=O) groups excluding carboxylic acids is 1. The molecule has 2 rings (SSSR count). The first-order chi connectivity index (χ1) is 9.13. The molecule has 5 heteroatoms. The molecule has 1 aliphatic rings. The van der Waals surface area contributed by atoms with Crippen molar-refractivity contribution in [3.63, 3.8) is 0 Å². The molecular formula is C14H20N2O3. The molecule has 1 heterocycles. The van der Waals surface area contributed by atoms with Gasteiger partial charge in [-0.2, -0.15) is 0 Å². The Bertz CT molecular complexity index is 462. The van der Waals surface area contributed by atoms with Crippen molar-refractivity contribution in [3.05, 3.63) is 23.8 Å². The van der Waals surface area contributed by atoms with Crippen molar-refractivity contribution in [2.24, 2.45) is 5.92 Å². The molecule has 2 unspecified atom stereocenters. The SMILES string of the molecule is COC(=O)c1cccc(N)c1NCC1CCOC1C. The summed E-state index contributed by atoms with van der Waals surface area (Å²) in [6.07, 6.45) is 1.26. The Morgan fingerprint density at radius 1 is 1.58 bits per heavy atom. The van der Waals surface area contributed by atoms with Gasteiger partial charge in [-0.25, -0.2) is 4.79 Å². The van der Waals surface area contributed by atoms with Crippen LogP contribution in [0.2, 0.25) is 0 Å². The first-order valence-electron chi connectivity index (χ1n) is 6.45. The molecule has 19 heavy (non-hydrogen) atoms. The fourth-order valence-corrected chi connectivity index (χ4v) is 2.32. The standard InChI is InChI=1S/C14H20N2O3/c1-9-10(6-7-19-9)8-16-13-11(14(17)18-2)4-3-5-12(13)15/h3-5,9-10,16H,6-8,15H2,1-2H3. The highest BCUT2D eigenvalue weighted by Gasteiger charge is 2.24. The quantitative estimate of drug-likeness (QED) is 0.641. The summed E-state index contributed by atoms with van der Waals surface area (Å²) in [6.45, 7) is 3.59. The number of esters is 1. The van der Waals surface area contributed by atoms with Gasteiger partial charge in [-0.1, -0.05) is 6.07 Å². The van der Waals surface area contributed by atoms with E-state index >= 15 is 0 Å². The molecule has 0 aromatic heterocycles. The molecule has 1 fully saturated rings. The highest BCUT2D eigenvalue weighted by Crippen LogP contribution is 2.26. The fraction of sp³-hybridized carbons (Fsp3) is 0.500. The molecule has 5 nitrogen and oxygen atoms in total. The zero-order valence-electron chi connectivity index (χ0n) is 11.3. The first-order valence-corrected chi connectivity index (χ1v) is 6.45. The van der Waals surface area contributed by atoms with E-state index in [0.717, 1.165) is 19.6 Å². The molecule has 104 valence electrons. The highest BCUT2D eigenvalue weighted by molar-refractivity contribution is 5.98. The normalized spacial score (nSPS) is 22.2. The third kappa shape index (κ3) is 2.98. The van der Waals surface area contributed by atoms with Crippen molar-refractivity contribution in [1.82, 2.24) is 0 Å². The summed E-state index contributed by atoms with van der Waals surface area (Å²) in [7, 11) is 1.36. The number of nitrogen functional groups attached to an aromatic ring is 1. The largest absolute Gasteiger partial charge is 0.465 e. The topological polar surface area (TPSA) is 73.6 Å². The number of para-hydroxylation sites is 1. The summed E-state index contributed by atoms with van der Waals surface area (Å²) in [4.78, 5) is 11.7. The average Bonchev–Trinajstić information content (AvgIpc) is 2.82. The van der Waals surface area contributed by atoms with Crippen LogP contribution in [0.25, 0.3) is 0 Å². The zero-order valence-corrected chi connectivity index (χ0v) is 11.3. The second-order valence-electron chi connectivity index (χ2n) is 4.77. The lowest BCUT2D eigenvalue weighted by Gasteiger charge is -2.18. The number of anilines is 2. The van der Waals surface area contributed by atoms with Crippen molar-refractivity contribution in [2.45, 2.75) is 19.4 Å². The van der Waals surface area contributed by atoms with Crippen molar-refractivity contribution in [1.29, 1.82) is 0 Å². The van der Waals surface area contributed by atoms with Gasteiger partial charge in [0.2, 0.25) is 0 Å². The average molecular weight is 264 g/mol. The molecule has 3 N–H and O–H groups in total. The number of rotatable bonds is 4. The van der Waals surface area contributed by atoms with E-state index in [2.05, 4.69) is 12.2 Å². The predicted octanol–water partition coefficient (Wildman–Crippen LogP) is 1.89. The van der Waals surface area contributed by atoms with E-state index < -0.39 is 0 Å². The van der Waals surface area contributed by atoms with Crippen molar-refractivity contribution < 1.29 is 14.3 Å². The molecule has 0 radical (unpaired) electrons. The van der Waals surface area contributed by atoms with E-state index in [-0.39, 0.29) is 12.1 Å². The fourth-order valence-electron chi connectivity index (χ4n) is 2.32. The van der Waals surface area contributed by atoms with E-state index in [1.165, 1.54) is 7.11 Å². The van der Waals surface area contributed by atoms with Gasteiger partial charge in [0.05, 0.1) is 30.2 Å². The third-order valence-electron chi connectivity index (χ3n) is 3.58. The number of nitrogens with one attached hydrogen (secondary N) is 1. The Labute approximate surface area is 113 Å². The number of carbonyl (C=O) groups is 1. The van der Waals surface area contributed by atoms with Crippen LogP contribution < -0.4 is 11.1 Å². The Kier molecular flexibility index (Phi) is 4.27. The lowest BCUT2D eigenvalue weighted by molar-refractivity contribution is 0.0602. The molecule has 0 spiro atoms. The molecule has 0 saturated carbocycles. The molecule has 1 aliphatic heterocycles. The minimum Gasteiger partial charge on any atom is -0.465 e. The molecule has 1 aromatic carbocycles. The number of ether oxygens (including phenoxy) is 2. The minimum atomic E-state index is -0.384. The van der Waals surface area contributed by atoms with Crippen LogP contribution >= 0.6 is 0 Å². The minimum absolute atomic E-state index is 0.235. The zero-order chi connectivity index (χ0) is 13.8. The molecular weight excluding hydrogens is 244 g/mol. The van der Waals surface area contributed by atoms with Crippen LogP contribution in [-0.2, 0) is 9.47 Å². The van der Waals surface area contributed by atoms with Crippen LogP contribution in [-0.4, -0.2) is 32.3 Å². The Morgan fingerprint density at radius 3 is 3.00 bits per heavy atom. The third-order valence-corrected chi connectivity index (χ3v) is 3.58. The monoisotopic (exact) mass is 264 g/mol. The lowest BCUT2D eigenvalue weighted by atomic mass is 10.0. The van der Waals surface area contributed by atoms with Gasteiger partial charge in [0.25, 0.3) is 0 Å². The van der Waals surface area contributed by atoms with Gasteiger partial charge in [0.1, 0.15) is 0 Å². The second kappa shape index (κ2) is 5.93. The summed E-state index contributed by atoms with van der Waals surface area (Å²) in [5.74, 6) is 0.0515. The highest BCUT2D eigenvalue weighted by atomic mass is 16.5. The van der Waals surface area contributed by atoms with Gasteiger partial charge in [-0.3, -0.25) is 0 Å². The number of nitrogens with two attached hydrogens (primary N) is 1. The van der Waals surface area contributed by atoms with Gasteiger partial charge >= 0.3 is 5.97 Å². The van der Waals surface area contributed by atoms with E-state index in [1.54, 1.807) is 18.2 Å². The second-order valence-corrected chi connectivity index (χ2v) is 4.77. The van der Waals surface area contributed by atoms with Crippen LogP contribution in [0, 0.1) is 5.92 Å². The number of hydrogen-bond donors (Lipinski definition) is 2. The Morgan fingerprint density at radius 2 is 2.37 bits per heavy atom. The molecule has 1 aromatic rings. The summed E-state index contributed by atoms with van der Waals surface area (Å²) in [5, 5.41) is 3.26. The maximum atomic E-state index is 11.7. The first kappa shape index (κ1) is 13.7. The molecule has 1 saturated heterocycles. The maximum absolute atomic E-state index is 11.7. The van der Waals surface area contributed by atoms with Gasteiger partial charge in [0, 0.05) is 19.1 Å². The van der Waals surface area contributed by atoms with Gasteiger partial charge in [-0.15, -0.1) is 0 Å². The summed E-state index contributed by atoms with van der Waals surface area (Å²) in [6, 6.07) is 5.22. The van der Waals surface area contributed by atoms with Crippen LogP contribution in [0.15, 0.2) is 18.2 Å². The van der Waals surface area contributed by atoms with E-state index in [9.17, 15) is 4.79 Å². The van der Waals surface area contributed by atoms with Crippen molar-refractivity contribution >= 4 is 17.3 Å².